The lowest BCUT2D eigenvalue weighted by molar-refractivity contribution is 0.0746. The van der Waals surface area contributed by atoms with Crippen LogP contribution < -0.4 is 4.90 Å². The molecular weight excluding hydrogens is 328 g/mol. The van der Waals surface area contributed by atoms with Gasteiger partial charge in [0.1, 0.15) is 0 Å². The molecule has 2 heterocycles. The molecule has 0 N–H and O–H groups in total. The Balaban J connectivity index is 1.52. The van der Waals surface area contributed by atoms with E-state index < -0.39 is 0 Å². The maximum atomic E-state index is 13.1. The summed E-state index contributed by atoms with van der Waals surface area (Å²) < 4.78 is 1.60. The first kappa shape index (κ1) is 16.3. The zero-order valence-corrected chi connectivity index (χ0v) is 14.6. The molecule has 0 saturated carbocycles. The van der Waals surface area contributed by atoms with E-state index in [1.165, 1.54) is 5.69 Å². The molecule has 2 aromatic carbocycles. The molecule has 0 aliphatic carbocycles. The number of piperazine rings is 1. The van der Waals surface area contributed by atoms with Gasteiger partial charge in [0.15, 0.2) is 5.82 Å². The highest BCUT2D eigenvalue weighted by Gasteiger charge is 2.24. The van der Waals surface area contributed by atoms with Crippen molar-refractivity contribution in [3.8, 4) is 5.69 Å². The molecule has 132 valence electrons. The Hall–Kier alpha value is -3.22. The molecule has 0 spiro atoms. The molecule has 7 heteroatoms. The molecule has 1 aliphatic heterocycles. The quantitative estimate of drug-likeness (QED) is 0.724. The Labute approximate surface area is 151 Å². The number of aromatic nitrogens is 4. The summed E-state index contributed by atoms with van der Waals surface area (Å²) in [4.78, 5) is 17.3. The second-order valence-electron chi connectivity index (χ2n) is 6.27. The maximum Gasteiger partial charge on any atom is 0.256 e. The van der Waals surface area contributed by atoms with Crippen LogP contribution >= 0.6 is 0 Å². The molecule has 1 fully saturated rings. The van der Waals surface area contributed by atoms with E-state index in [2.05, 4.69) is 32.6 Å². The fraction of sp³-hybridized carbons (Fsp3) is 0.263. The van der Waals surface area contributed by atoms with Gasteiger partial charge in [0.05, 0.1) is 11.3 Å². The van der Waals surface area contributed by atoms with Gasteiger partial charge in [0.2, 0.25) is 0 Å². The summed E-state index contributed by atoms with van der Waals surface area (Å²) in [7, 11) is 0. The van der Waals surface area contributed by atoms with Crippen molar-refractivity contribution in [1.29, 1.82) is 0 Å². The minimum Gasteiger partial charge on any atom is -0.368 e. The SMILES string of the molecule is Cc1nnnn1-c1ccccc1C(=O)N1CCN(c2ccccc2)CC1. The normalized spacial score (nSPS) is 14.5. The summed E-state index contributed by atoms with van der Waals surface area (Å²) >= 11 is 0. The summed E-state index contributed by atoms with van der Waals surface area (Å²) in [6, 6.07) is 17.8. The second kappa shape index (κ2) is 6.95. The number of benzene rings is 2. The number of carbonyl (C=O) groups is 1. The first-order valence-electron chi connectivity index (χ1n) is 8.68. The summed E-state index contributed by atoms with van der Waals surface area (Å²) in [6.45, 7) is 4.84. The van der Waals surface area contributed by atoms with Crippen molar-refractivity contribution in [2.24, 2.45) is 0 Å². The highest BCUT2D eigenvalue weighted by molar-refractivity contribution is 5.98. The molecular formula is C19H20N6O. The lowest BCUT2D eigenvalue weighted by atomic mass is 10.1. The van der Waals surface area contributed by atoms with Gasteiger partial charge in [-0.3, -0.25) is 4.79 Å². The summed E-state index contributed by atoms with van der Waals surface area (Å²) in [5.41, 5.74) is 2.53. The predicted molar refractivity (Wildman–Crippen MR) is 98.4 cm³/mol. The van der Waals surface area contributed by atoms with Crippen LogP contribution in [-0.4, -0.2) is 57.2 Å². The number of nitrogens with zero attached hydrogens (tertiary/aromatic N) is 6. The van der Waals surface area contributed by atoms with Crippen molar-refractivity contribution in [1.82, 2.24) is 25.1 Å². The predicted octanol–water partition coefficient (Wildman–Crippen LogP) is 1.93. The van der Waals surface area contributed by atoms with Gasteiger partial charge in [-0.05, 0) is 41.6 Å². The van der Waals surface area contributed by atoms with Crippen LogP contribution in [0.15, 0.2) is 54.6 Å². The molecule has 1 amide bonds. The highest BCUT2D eigenvalue weighted by Crippen LogP contribution is 2.20. The molecule has 0 bridgehead atoms. The average Bonchev–Trinajstić information content (AvgIpc) is 3.14. The smallest absolute Gasteiger partial charge is 0.256 e. The highest BCUT2D eigenvalue weighted by atomic mass is 16.2. The van der Waals surface area contributed by atoms with Crippen LogP contribution in [0.5, 0.6) is 0 Å². The third-order valence-electron chi connectivity index (χ3n) is 4.68. The van der Waals surface area contributed by atoms with Crippen LogP contribution in [0.3, 0.4) is 0 Å². The Kier molecular flexibility index (Phi) is 4.35. The van der Waals surface area contributed by atoms with Crippen LogP contribution in [0.2, 0.25) is 0 Å². The van der Waals surface area contributed by atoms with E-state index in [0.717, 1.165) is 13.1 Å². The van der Waals surface area contributed by atoms with E-state index in [4.69, 9.17) is 0 Å². The zero-order chi connectivity index (χ0) is 17.9. The number of amides is 1. The van der Waals surface area contributed by atoms with Gasteiger partial charge in [-0.1, -0.05) is 30.3 Å². The molecule has 0 unspecified atom stereocenters. The van der Waals surface area contributed by atoms with Crippen molar-refractivity contribution in [3.63, 3.8) is 0 Å². The number of aryl methyl sites for hydroxylation is 1. The number of hydrogen-bond acceptors (Lipinski definition) is 5. The third-order valence-corrected chi connectivity index (χ3v) is 4.68. The zero-order valence-electron chi connectivity index (χ0n) is 14.6. The summed E-state index contributed by atoms with van der Waals surface area (Å²) in [5.74, 6) is 0.669. The van der Waals surface area contributed by atoms with E-state index in [1.54, 1.807) is 4.68 Å². The van der Waals surface area contributed by atoms with Crippen molar-refractivity contribution >= 4 is 11.6 Å². The summed E-state index contributed by atoms with van der Waals surface area (Å²) in [6.07, 6.45) is 0. The number of anilines is 1. The van der Waals surface area contributed by atoms with Crippen LogP contribution in [-0.2, 0) is 0 Å². The van der Waals surface area contributed by atoms with Gasteiger partial charge in [0.25, 0.3) is 5.91 Å². The molecule has 3 aromatic rings. The third kappa shape index (κ3) is 3.03. The van der Waals surface area contributed by atoms with Crippen molar-refractivity contribution in [3.05, 3.63) is 66.0 Å². The van der Waals surface area contributed by atoms with Gasteiger partial charge in [-0.15, -0.1) is 5.10 Å². The van der Waals surface area contributed by atoms with Gasteiger partial charge >= 0.3 is 0 Å². The lowest BCUT2D eigenvalue weighted by Gasteiger charge is -2.36. The van der Waals surface area contributed by atoms with Gasteiger partial charge in [-0.25, -0.2) is 0 Å². The largest absolute Gasteiger partial charge is 0.368 e. The number of rotatable bonds is 3. The van der Waals surface area contributed by atoms with E-state index in [0.29, 0.717) is 30.2 Å². The minimum absolute atomic E-state index is 0.0169. The lowest BCUT2D eigenvalue weighted by Crippen LogP contribution is -2.49. The van der Waals surface area contributed by atoms with E-state index in [-0.39, 0.29) is 5.91 Å². The second-order valence-corrected chi connectivity index (χ2v) is 6.27. The minimum atomic E-state index is 0.0169. The molecule has 1 saturated heterocycles. The van der Waals surface area contributed by atoms with Gasteiger partial charge in [-0.2, -0.15) is 4.68 Å². The Morgan fingerprint density at radius 3 is 2.31 bits per heavy atom. The average molecular weight is 348 g/mol. The Bertz CT molecular complexity index is 899. The first-order valence-corrected chi connectivity index (χ1v) is 8.68. The maximum absolute atomic E-state index is 13.1. The Morgan fingerprint density at radius 2 is 1.62 bits per heavy atom. The fourth-order valence-corrected chi connectivity index (χ4v) is 3.27. The van der Waals surface area contributed by atoms with Crippen molar-refractivity contribution in [2.45, 2.75) is 6.92 Å². The first-order chi connectivity index (χ1) is 12.7. The molecule has 0 atom stereocenters. The van der Waals surface area contributed by atoms with E-state index in [1.807, 2.05) is 54.3 Å². The monoisotopic (exact) mass is 348 g/mol. The van der Waals surface area contributed by atoms with Gasteiger partial charge in [0, 0.05) is 31.9 Å². The fourth-order valence-electron chi connectivity index (χ4n) is 3.27. The number of para-hydroxylation sites is 2. The van der Waals surface area contributed by atoms with Crippen molar-refractivity contribution < 1.29 is 4.79 Å². The Morgan fingerprint density at radius 1 is 0.923 bits per heavy atom. The molecule has 0 radical (unpaired) electrons. The van der Waals surface area contributed by atoms with Gasteiger partial charge < -0.3 is 9.80 Å². The topological polar surface area (TPSA) is 67.2 Å². The standard InChI is InChI=1S/C19H20N6O/c1-15-20-21-22-25(15)18-10-6-5-9-17(18)19(26)24-13-11-23(12-14-24)16-7-3-2-4-8-16/h2-10H,11-14H2,1H3. The molecule has 1 aliphatic rings. The van der Waals surface area contributed by atoms with Crippen LogP contribution in [0.25, 0.3) is 5.69 Å². The molecule has 7 nitrogen and oxygen atoms in total. The number of tetrazole rings is 1. The summed E-state index contributed by atoms with van der Waals surface area (Å²) in [5, 5.41) is 11.6. The number of carbonyl (C=O) groups excluding carboxylic acids is 1. The molecule has 1 aromatic heterocycles. The van der Waals surface area contributed by atoms with Crippen LogP contribution in [0.1, 0.15) is 16.2 Å². The van der Waals surface area contributed by atoms with Crippen LogP contribution in [0.4, 0.5) is 5.69 Å². The van der Waals surface area contributed by atoms with E-state index >= 15 is 0 Å². The van der Waals surface area contributed by atoms with Crippen molar-refractivity contribution in [2.75, 3.05) is 31.1 Å². The number of hydrogen-bond donors (Lipinski definition) is 0. The van der Waals surface area contributed by atoms with Crippen LogP contribution in [0, 0.1) is 6.92 Å². The molecule has 4 rings (SSSR count). The molecule has 26 heavy (non-hydrogen) atoms. The van der Waals surface area contributed by atoms with E-state index in [9.17, 15) is 4.79 Å².